The van der Waals surface area contributed by atoms with E-state index in [1.165, 1.54) is 0 Å². The van der Waals surface area contributed by atoms with Gasteiger partial charge in [-0.3, -0.25) is 4.90 Å². The van der Waals surface area contributed by atoms with Crippen LogP contribution in [0.4, 0.5) is 0 Å². The molecule has 0 aliphatic carbocycles. The molecule has 0 atom stereocenters. The minimum absolute atomic E-state index is 0.251. The molecule has 0 heterocycles. The fourth-order valence-electron chi connectivity index (χ4n) is 1.83. The van der Waals surface area contributed by atoms with Crippen LogP contribution in [0.2, 0.25) is 5.02 Å². The first-order valence-corrected chi connectivity index (χ1v) is 6.77. The van der Waals surface area contributed by atoms with E-state index in [0.717, 1.165) is 29.2 Å². The monoisotopic (exact) mass is 283 g/mol. The van der Waals surface area contributed by atoms with E-state index in [1.807, 2.05) is 13.0 Å². The van der Waals surface area contributed by atoms with Crippen molar-refractivity contribution in [2.75, 3.05) is 6.54 Å². The number of hydrogen-bond donors (Lipinski definition) is 2. The second-order valence-electron chi connectivity index (χ2n) is 5.00. The smallest absolute Gasteiger partial charge is 0.140 e. The van der Waals surface area contributed by atoms with Crippen LogP contribution in [0.5, 0.6) is 0 Å². The van der Waals surface area contributed by atoms with Crippen molar-refractivity contribution in [3.8, 4) is 0 Å². The van der Waals surface area contributed by atoms with Crippen LogP contribution < -0.4 is 5.73 Å². The van der Waals surface area contributed by atoms with Crippen LogP contribution in [-0.4, -0.2) is 28.5 Å². The summed E-state index contributed by atoms with van der Waals surface area (Å²) in [6.07, 6.45) is 0.540. The fraction of sp³-hybridized carbons (Fsp3) is 0.500. The largest absolute Gasteiger partial charge is 0.409 e. The molecule has 3 N–H and O–H groups in total. The molecule has 1 rings (SSSR count). The SMILES string of the molecule is Cc1ccc(CN(CC/C(N)=N/O)C(C)C)c(Cl)c1. The standard InChI is InChI=1S/C14H22ClN3O/c1-10(2)18(7-6-14(16)17-19)9-12-5-4-11(3)8-13(12)15/h4-5,8,10,19H,6-7,9H2,1-3H3,(H2,16,17). The van der Waals surface area contributed by atoms with Gasteiger partial charge in [0.1, 0.15) is 5.84 Å². The normalized spacial score (nSPS) is 12.4. The zero-order valence-corrected chi connectivity index (χ0v) is 12.5. The number of aryl methyl sites for hydroxylation is 1. The average molecular weight is 284 g/mol. The summed E-state index contributed by atoms with van der Waals surface area (Å²) in [5, 5.41) is 12.4. The quantitative estimate of drug-likeness (QED) is 0.365. The third kappa shape index (κ3) is 5.09. The minimum atomic E-state index is 0.251. The van der Waals surface area contributed by atoms with E-state index in [2.05, 4.69) is 36.0 Å². The first-order valence-electron chi connectivity index (χ1n) is 6.39. The number of nitrogens with zero attached hydrogens (tertiary/aromatic N) is 2. The number of hydrogen-bond acceptors (Lipinski definition) is 3. The Hall–Kier alpha value is -1.26. The predicted molar refractivity (Wildman–Crippen MR) is 79.8 cm³/mol. The number of nitrogens with two attached hydrogens (primary N) is 1. The van der Waals surface area contributed by atoms with E-state index in [1.54, 1.807) is 0 Å². The molecule has 1 aromatic rings. The molecule has 0 unspecified atom stereocenters. The number of halogens is 1. The van der Waals surface area contributed by atoms with Gasteiger partial charge in [0.15, 0.2) is 0 Å². The Labute approximate surface area is 119 Å². The maximum atomic E-state index is 8.57. The predicted octanol–water partition coefficient (Wildman–Crippen LogP) is 3.00. The van der Waals surface area contributed by atoms with Crippen molar-refractivity contribution in [1.82, 2.24) is 4.90 Å². The number of benzene rings is 1. The van der Waals surface area contributed by atoms with Gasteiger partial charge in [-0.25, -0.2) is 0 Å². The molecule has 0 saturated heterocycles. The van der Waals surface area contributed by atoms with Crippen molar-refractivity contribution in [3.63, 3.8) is 0 Å². The highest BCUT2D eigenvalue weighted by Gasteiger charge is 2.12. The van der Waals surface area contributed by atoms with Crippen LogP contribution in [0.25, 0.3) is 0 Å². The summed E-state index contributed by atoms with van der Waals surface area (Å²) in [5.41, 5.74) is 7.76. The summed E-state index contributed by atoms with van der Waals surface area (Å²) in [6, 6.07) is 6.45. The maximum Gasteiger partial charge on any atom is 0.140 e. The molecule has 0 aliphatic heterocycles. The molecule has 106 valence electrons. The van der Waals surface area contributed by atoms with Crippen LogP contribution >= 0.6 is 11.6 Å². The van der Waals surface area contributed by atoms with Gasteiger partial charge in [0.2, 0.25) is 0 Å². The van der Waals surface area contributed by atoms with Gasteiger partial charge >= 0.3 is 0 Å². The summed E-state index contributed by atoms with van der Waals surface area (Å²) in [5.74, 6) is 0.251. The van der Waals surface area contributed by atoms with Crippen LogP contribution in [0.3, 0.4) is 0 Å². The first-order chi connectivity index (χ1) is 8.93. The summed E-state index contributed by atoms with van der Waals surface area (Å²) < 4.78 is 0. The molecule has 0 aromatic heterocycles. The molecular weight excluding hydrogens is 262 g/mol. The molecule has 0 bridgehead atoms. The van der Waals surface area contributed by atoms with E-state index in [9.17, 15) is 0 Å². The van der Waals surface area contributed by atoms with Gasteiger partial charge < -0.3 is 10.9 Å². The molecule has 0 aliphatic rings. The van der Waals surface area contributed by atoms with Gasteiger partial charge in [-0.2, -0.15) is 0 Å². The highest BCUT2D eigenvalue weighted by atomic mass is 35.5. The van der Waals surface area contributed by atoms with Gasteiger partial charge in [0, 0.05) is 30.6 Å². The Morgan fingerprint density at radius 1 is 1.47 bits per heavy atom. The van der Waals surface area contributed by atoms with E-state index in [4.69, 9.17) is 22.5 Å². The number of amidine groups is 1. The zero-order chi connectivity index (χ0) is 14.4. The van der Waals surface area contributed by atoms with Crippen molar-refractivity contribution in [3.05, 3.63) is 34.3 Å². The number of rotatable bonds is 6. The van der Waals surface area contributed by atoms with E-state index in [-0.39, 0.29) is 5.84 Å². The van der Waals surface area contributed by atoms with Gasteiger partial charge in [-0.1, -0.05) is 28.9 Å². The molecule has 0 radical (unpaired) electrons. The minimum Gasteiger partial charge on any atom is -0.409 e. The van der Waals surface area contributed by atoms with Crippen molar-refractivity contribution in [2.45, 2.75) is 39.8 Å². The van der Waals surface area contributed by atoms with Crippen molar-refractivity contribution in [1.29, 1.82) is 0 Å². The van der Waals surface area contributed by atoms with Crippen molar-refractivity contribution >= 4 is 17.4 Å². The molecule has 0 saturated carbocycles. The average Bonchev–Trinajstić information content (AvgIpc) is 2.35. The zero-order valence-electron chi connectivity index (χ0n) is 11.7. The van der Waals surface area contributed by atoms with E-state index < -0.39 is 0 Å². The Balaban J connectivity index is 2.72. The second-order valence-corrected chi connectivity index (χ2v) is 5.41. The molecule has 0 amide bonds. The Kier molecular flexibility index (Phi) is 6.12. The van der Waals surface area contributed by atoms with Crippen LogP contribution in [-0.2, 0) is 6.54 Å². The molecule has 0 spiro atoms. The molecule has 5 heteroatoms. The van der Waals surface area contributed by atoms with Crippen LogP contribution in [0, 0.1) is 6.92 Å². The molecule has 1 aromatic carbocycles. The highest BCUT2D eigenvalue weighted by molar-refractivity contribution is 6.31. The lowest BCUT2D eigenvalue weighted by atomic mass is 10.1. The van der Waals surface area contributed by atoms with E-state index >= 15 is 0 Å². The topological polar surface area (TPSA) is 61.8 Å². The lowest BCUT2D eigenvalue weighted by molar-refractivity contribution is 0.218. The fourth-order valence-corrected chi connectivity index (χ4v) is 2.12. The third-order valence-corrected chi connectivity index (χ3v) is 3.45. The van der Waals surface area contributed by atoms with Gasteiger partial charge in [0.25, 0.3) is 0 Å². The Bertz CT molecular complexity index is 446. The van der Waals surface area contributed by atoms with Gasteiger partial charge in [0.05, 0.1) is 0 Å². The Morgan fingerprint density at radius 3 is 2.68 bits per heavy atom. The first kappa shape index (κ1) is 15.8. The maximum absolute atomic E-state index is 8.57. The summed E-state index contributed by atoms with van der Waals surface area (Å²) in [4.78, 5) is 2.24. The molecule has 19 heavy (non-hydrogen) atoms. The Morgan fingerprint density at radius 2 is 2.16 bits per heavy atom. The van der Waals surface area contributed by atoms with Crippen molar-refractivity contribution in [2.24, 2.45) is 10.9 Å². The highest BCUT2D eigenvalue weighted by Crippen LogP contribution is 2.20. The van der Waals surface area contributed by atoms with Crippen molar-refractivity contribution < 1.29 is 5.21 Å². The molecule has 0 fully saturated rings. The van der Waals surface area contributed by atoms with Gasteiger partial charge in [-0.05, 0) is 38.0 Å². The molecular formula is C14H22ClN3O. The molecule has 4 nitrogen and oxygen atoms in total. The summed E-state index contributed by atoms with van der Waals surface area (Å²) >= 11 is 6.25. The van der Waals surface area contributed by atoms with E-state index in [0.29, 0.717) is 12.5 Å². The van der Waals surface area contributed by atoms with Crippen LogP contribution in [0.1, 0.15) is 31.4 Å². The number of oxime groups is 1. The summed E-state index contributed by atoms with van der Waals surface area (Å²) in [6.45, 7) is 7.75. The van der Waals surface area contributed by atoms with Gasteiger partial charge in [-0.15, -0.1) is 0 Å². The second kappa shape index (κ2) is 7.36. The lowest BCUT2D eigenvalue weighted by Crippen LogP contribution is -2.33. The third-order valence-electron chi connectivity index (χ3n) is 3.10. The summed E-state index contributed by atoms with van der Waals surface area (Å²) in [7, 11) is 0. The lowest BCUT2D eigenvalue weighted by Gasteiger charge is -2.26. The van der Waals surface area contributed by atoms with Crippen LogP contribution in [0.15, 0.2) is 23.4 Å².